The standard InChI is InChI=1S/C24H17ClF3N3O4.C14H32N2/c25-20-18(22(32)30-8-6-16(19(30)23(33)34)13-4-2-1-3-5-13)29-21-17(24(26,27)28)10-15(11-31(20)21)14-7-9-35-12-14;1-4-5-6-7-8-9-10-11-12-15-13-14-16(2)3/h1-5,7,9-12,16,19H,6,8H2,(H,33,34);15H,4-14H2,1-3H3. The number of furan rings is 1. The Morgan fingerprint density at radius 2 is 1.71 bits per heavy atom. The molecule has 1 amide bonds. The number of alkyl halides is 3. The fourth-order valence-corrected chi connectivity index (χ4v) is 6.62. The Morgan fingerprint density at radius 3 is 2.31 bits per heavy atom. The Labute approximate surface area is 302 Å². The van der Waals surface area contributed by atoms with Crippen molar-refractivity contribution in [3.05, 3.63) is 83.2 Å². The van der Waals surface area contributed by atoms with Gasteiger partial charge in [-0.1, -0.05) is 93.8 Å². The molecule has 1 aliphatic heterocycles. The number of carbonyl (C=O) groups excluding carboxylic acids is 1. The Morgan fingerprint density at radius 1 is 1.02 bits per heavy atom. The van der Waals surface area contributed by atoms with E-state index in [0.29, 0.717) is 12.0 Å². The Bertz CT molecular complexity index is 1680. The van der Waals surface area contributed by atoms with Crippen LogP contribution in [0.15, 0.2) is 65.6 Å². The van der Waals surface area contributed by atoms with E-state index in [-0.39, 0.29) is 17.3 Å². The summed E-state index contributed by atoms with van der Waals surface area (Å²) in [6.07, 6.45) is 10.8. The van der Waals surface area contributed by atoms with Crippen LogP contribution in [0.1, 0.15) is 92.2 Å². The van der Waals surface area contributed by atoms with Crippen LogP contribution < -0.4 is 5.32 Å². The molecule has 3 aromatic heterocycles. The number of likely N-dealkylation sites (tertiary alicyclic amines) is 1. The topological polar surface area (TPSA) is 103 Å². The number of aromatic nitrogens is 2. The number of carboxylic acids is 1. The van der Waals surface area contributed by atoms with Gasteiger partial charge >= 0.3 is 12.1 Å². The highest BCUT2D eigenvalue weighted by atomic mass is 35.5. The second kappa shape index (κ2) is 19.1. The van der Waals surface area contributed by atoms with Crippen molar-refractivity contribution in [3.63, 3.8) is 0 Å². The van der Waals surface area contributed by atoms with Crippen LogP contribution in [0.4, 0.5) is 13.2 Å². The molecule has 0 aliphatic carbocycles. The summed E-state index contributed by atoms with van der Waals surface area (Å²) in [5.41, 5.74) is -0.794. The second-order valence-corrected chi connectivity index (χ2v) is 13.6. The van der Waals surface area contributed by atoms with Gasteiger partial charge in [0.15, 0.2) is 11.3 Å². The van der Waals surface area contributed by atoms with Crippen LogP contribution in [-0.2, 0) is 11.0 Å². The lowest BCUT2D eigenvalue weighted by Crippen LogP contribution is -2.43. The predicted molar refractivity (Wildman–Crippen MR) is 193 cm³/mol. The summed E-state index contributed by atoms with van der Waals surface area (Å²) in [4.78, 5) is 32.8. The molecule has 0 spiro atoms. The number of aliphatic carboxylic acids is 1. The quantitative estimate of drug-likeness (QED) is 0.111. The molecular formula is C38H49ClF3N5O4. The molecule has 278 valence electrons. The van der Waals surface area contributed by atoms with Gasteiger partial charge in [0, 0.05) is 42.9 Å². The van der Waals surface area contributed by atoms with Gasteiger partial charge in [-0.25, -0.2) is 9.78 Å². The lowest BCUT2D eigenvalue weighted by molar-refractivity contribution is -0.142. The smallest absolute Gasteiger partial charge is 0.420 e. The first-order valence-electron chi connectivity index (χ1n) is 17.7. The summed E-state index contributed by atoms with van der Waals surface area (Å²) in [6, 6.07) is 10.1. The van der Waals surface area contributed by atoms with E-state index in [2.05, 4.69) is 36.2 Å². The Hall–Kier alpha value is -3.87. The maximum absolute atomic E-state index is 13.9. The number of hydrogen-bond donors (Lipinski definition) is 2. The number of fused-ring (bicyclic) bond motifs is 1. The number of likely N-dealkylation sites (N-methyl/N-ethyl adjacent to an activating group) is 1. The molecule has 51 heavy (non-hydrogen) atoms. The number of pyridine rings is 1. The number of carboxylic acid groups (broad SMARTS) is 1. The second-order valence-electron chi connectivity index (χ2n) is 13.2. The van der Waals surface area contributed by atoms with Gasteiger partial charge in [-0.3, -0.25) is 9.20 Å². The molecule has 1 aromatic carbocycles. The highest BCUT2D eigenvalue weighted by Gasteiger charge is 2.44. The van der Waals surface area contributed by atoms with Crippen LogP contribution in [-0.4, -0.2) is 82.5 Å². The number of halogens is 4. The average molecular weight is 732 g/mol. The molecular weight excluding hydrogens is 683 g/mol. The van der Waals surface area contributed by atoms with Crippen molar-refractivity contribution < 1.29 is 32.3 Å². The zero-order valence-electron chi connectivity index (χ0n) is 29.6. The van der Waals surface area contributed by atoms with Crippen LogP contribution >= 0.6 is 11.6 Å². The van der Waals surface area contributed by atoms with Gasteiger partial charge in [0.2, 0.25) is 0 Å². The number of imidazole rings is 1. The summed E-state index contributed by atoms with van der Waals surface area (Å²) in [5.74, 6) is -2.54. The number of carbonyl (C=O) groups is 2. The van der Waals surface area contributed by atoms with Crippen molar-refractivity contribution in [3.8, 4) is 11.1 Å². The molecule has 9 nitrogen and oxygen atoms in total. The molecule has 13 heteroatoms. The first-order chi connectivity index (χ1) is 24.4. The van der Waals surface area contributed by atoms with Gasteiger partial charge in [0.25, 0.3) is 5.91 Å². The number of hydrogen-bond acceptors (Lipinski definition) is 6. The first kappa shape index (κ1) is 39.9. The Balaban J connectivity index is 0.000000310. The molecule has 0 bridgehead atoms. The molecule has 1 aliphatic rings. The van der Waals surface area contributed by atoms with Crippen LogP contribution in [0.3, 0.4) is 0 Å². The molecule has 2 N–H and O–H groups in total. The minimum absolute atomic E-state index is 0.0892. The molecule has 5 rings (SSSR count). The zero-order chi connectivity index (χ0) is 37.0. The monoisotopic (exact) mass is 731 g/mol. The van der Waals surface area contributed by atoms with Crippen LogP contribution in [0, 0.1) is 0 Å². The van der Waals surface area contributed by atoms with Crippen molar-refractivity contribution in [2.45, 2.75) is 82.8 Å². The van der Waals surface area contributed by atoms with E-state index < -0.39 is 46.9 Å². The van der Waals surface area contributed by atoms with E-state index in [0.717, 1.165) is 34.0 Å². The number of nitrogens with zero attached hydrogens (tertiary/aromatic N) is 4. The number of rotatable bonds is 16. The highest BCUT2D eigenvalue weighted by Crippen LogP contribution is 2.39. The lowest BCUT2D eigenvalue weighted by atomic mass is 9.92. The summed E-state index contributed by atoms with van der Waals surface area (Å²) in [6.45, 7) is 5.84. The summed E-state index contributed by atoms with van der Waals surface area (Å²) in [7, 11) is 4.25. The SMILES string of the molecule is CCCCCCCCCCNCCN(C)C.O=C(O)C1C(c2ccccc2)CCN1C(=O)c1nc2c(C(F)(F)F)cc(-c3ccoc3)cn2c1Cl. The van der Waals surface area contributed by atoms with E-state index >= 15 is 0 Å². The van der Waals surface area contributed by atoms with E-state index in [1.54, 1.807) is 30.3 Å². The van der Waals surface area contributed by atoms with E-state index in [1.165, 1.54) is 82.7 Å². The number of benzene rings is 1. The van der Waals surface area contributed by atoms with E-state index in [1.807, 2.05) is 0 Å². The molecule has 0 saturated carbocycles. The third kappa shape index (κ3) is 10.8. The molecule has 4 aromatic rings. The molecule has 2 unspecified atom stereocenters. The highest BCUT2D eigenvalue weighted by molar-refractivity contribution is 6.33. The van der Waals surface area contributed by atoms with Crippen LogP contribution in [0.2, 0.25) is 5.15 Å². The lowest BCUT2D eigenvalue weighted by Gasteiger charge is -2.24. The third-order valence-corrected chi connectivity index (χ3v) is 9.47. The normalized spacial score (nSPS) is 16.1. The predicted octanol–water partition coefficient (Wildman–Crippen LogP) is 8.63. The minimum Gasteiger partial charge on any atom is -0.480 e. The summed E-state index contributed by atoms with van der Waals surface area (Å²) < 4.78 is 47.6. The van der Waals surface area contributed by atoms with Gasteiger partial charge in [-0.05, 0) is 51.2 Å². The van der Waals surface area contributed by atoms with Crippen LogP contribution in [0.5, 0.6) is 0 Å². The van der Waals surface area contributed by atoms with Gasteiger partial charge in [0.05, 0.1) is 18.1 Å². The van der Waals surface area contributed by atoms with Crippen molar-refractivity contribution in [2.75, 3.05) is 40.3 Å². The summed E-state index contributed by atoms with van der Waals surface area (Å²) >= 11 is 6.38. The average Bonchev–Trinajstić information content (AvgIpc) is 3.87. The maximum Gasteiger partial charge on any atom is 0.420 e. The van der Waals surface area contributed by atoms with Gasteiger partial charge in [0.1, 0.15) is 11.2 Å². The van der Waals surface area contributed by atoms with Gasteiger partial charge < -0.3 is 24.6 Å². The van der Waals surface area contributed by atoms with Crippen molar-refractivity contribution in [2.24, 2.45) is 0 Å². The van der Waals surface area contributed by atoms with Crippen LogP contribution in [0.25, 0.3) is 16.8 Å². The van der Waals surface area contributed by atoms with Gasteiger partial charge in [-0.2, -0.15) is 13.2 Å². The van der Waals surface area contributed by atoms with Crippen molar-refractivity contribution in [1.29, 1.82) is 0 Å². The zero-order valence-corrected chi connectivity index (χ0v) is 30.3. The maximum atomic E-state index is 13.9. The molecule has 1 fully saturated rings. The number of unbranched alkanes of at least 4 members (excludes halogenated alkanes) is 7. The molecule has 2 atom stereocenters. The Kier molecular flexibility index (Phi) is 14.9. The van der Waals surface area contributed by atoms with Crippen molar-refractivity contribution in [1.82, 2.24) is 24.5 Å². The van der Waals surface area contributed by atoms with E-state index in [4.69, 9.17) is 16.0 Å². The fourth-order valence-electron chi connectivity index (χ4n) is 6.37. The number of amides is 1. The molecule has 0 radical (unpaired) electrons. The summed E-state index contributed by atoms with van der Waals surface area (Å²) in [5, 5.41) is 13.0. The third-order valence-electron chi connectivity index (χ3n) is 9.11. The number of nitrogens with one attached hydrogen (secondary N) is 1. The largest absolute Gasteiger partial charge is 0.480 e. The first-order valence-corrected chi connectivity index (χ1v) is 18.1. The fraction of sp³-hybridized carbons (Fsp3) is 0.500. The van der Waals surface area contributed by atoms with Gasteiger partial charge in [-0.15, -0.1) is 0 Å². The van der Waals surface area contributed by atoms with E-state index in [9.17, 15) is 27.9 Å². The minimum atomic E-state index is -4.79. The molecule has 1 saturated heterocycles. The molecule has 4 heterocycles. The van der Waals surface area contributed by atoms with Crippen molar-refractivity contribution >= 4 is 29.1 Å².